The third kappa shape index (κ3) is 2.23. The van der Waals surface area contributed by atoms with Gasteiger partial charge in [-0.15, -0.1) is 0 Å². The third-order valence-electron chi connectivity index (χ3n) is 3.44. The van der Waals surface area contributed by atoms with E-state index in [0.717, 1.165) is 18.5 Å². The average Bonchev–Trinajstić information content (AvgIpc) is 2.57. The molecule has 1 aromatic heterocycles. The number of aromatic hydroxyl groups is 1. The lowest BCUT2D eigenvalue weighted by Crippen LogP contribution is -2.22. The van der Waals surface area contributed by atoms with Crippen LogP contribution in [-0.2, 0) is 13.1 Å². The predicted molar refractivity (Wildman–Crippen MR) is 76.0 cm³/mol. The summed E-state index contributed by atoms with van der Waals surface area (Å²) < 4.78 is 2.30. The summed E-state index contributed by atoms with van der Waals surface area (Å²) in [4.78, 5) is 0. The Kier molecular flexibility index (Phi) is 3.62. The standard InChI is InChI=1S/C15H22N2O/c1-5-17-11(4)14(9-16-10(2)3)13-8-12(18)6-7-15(13)17/h6-8,10,16,18H,5,9H2,1-4H3. The number of hydrogen-bond acceptors (Lipinski definition) is 2. The Morgan fingerprint density at radius 1 is 1.33 bits per heavy atom. The first kappa shape index (κ1) is 13.0. The van der Waals surface area contributed by atoms with E-state index in [9.17, 15) is 5.11 Å². The van der Waals surface area contributed by atoms with Crippen LogP contribution in [0, 0.1) is 6.92 Å². The highest BCUT2D eigenvalue weighted by molar-refractivity contribution is 5.86. The van der Waals surface area contributed by atoms with Gasteiger partial charge in [-0.25, -0.2) is 0 Å². The molecule has 0 saturated carbocycles. The van der Waals surface area contributed by atoms with Gasteiger partial charge in [0.15, 0.2) is 0 Å². The molecule has 18 heavy (non-hydrogen) atoms. The number of phenols is 1. The Balaban J connectivity index is 2.55. The second kappa shape index (κ2) is 5.02. The molecule has 0 unspecified atom stereocenters. The third-order valence-corrected chi connectivity index (χ3v) is 3.44. The SMILES string of the molecule is CCn1c(C)c(CNC(C)C)c2cc(O)ccc21. The van der Waals surface area contributed by atoms with Crippen molar-refractivity contribution >= 4 is 10.9 Å². The first-order chi connectivity index (χ1) is 8.54. The lowest BCUT2D eigenvalue weighted by molar-refractivity contribution is 0.476. The summed E-state index contributed by atoms with van der Waals surface area (Å²) in [5, 5.41) is 14.3. The van der Waals surface area contributed by atoms with E-state index >= 15 is 0 Å². The summed E-state index contributed by atoms with van der Waals surface area (Å²) in [6.07, 6.45) is 0. The molecule has 0 fully saturated rings. The molecule has 0 saturated heterocycles. The minimum atomic E-state index is 0.335. The fourth-order valence-corrected chi connectivity index (χ4v) is 2.48. The quantitative estimate of drug-likeness (QED) is 0.869. The molecule has 0 bridgehead atoms. The van der Waals surface area contributed by atoms with Gasteiger partial charge in [0.25, 0.3) is 0 Å². The number of phenolic OH excluding ortho intramolecular Hbond substituents is 1. The Morgan fingerprint density at radius 3 is 2.67 bits per heavy atom. The van der Waals surface area contributed by atoms with Gasteiger partial charge in [-0.2, -0.15) is 0 Å². The highest BCUT2D eigenvalue weighted by atomic mass is 16.3. The lowest BCUT2D eigenvalue weighted by Gasteiger charge is -2.09. The van der Waals surface area contributed by atoms with Crippen LogP contribution < -0.4 is 5.32 Å². The second-order valence-electron chi connectivity index (χ2n) is 5.05. The van der Waals surface area contributed by atoms with E-state index in [1.54, 1.807) is 6.07 Å². The number of nitrogens with zero attached hydrogens (tertiary/aromatic N) is 1. The van der Waals surface area contributed by atoms with Crippen LogP contribution in [0.1, 0.15) is 32.0 Å². The van der Waals surface area contributed by atoms with Crippen molar-refractivity contribution in [3.05, 3.63) is 29.5 Å². The molecule has 0 radical (unpaired) electrons. The lowest BCUT2D eigenvalue weighted by atomic mass is 10.1. The molecule has 98 valence electrons. The number of rotatable bonds is 4. The van der Waals surface area contributed by atoms with Gasteiger partial charge in [-0.1, -0.05) is 13.8 Å². The van der Waals surface area contributed by atoms with Crippen molar-refractivity contribution in [2.45, 2.75) is 46.8 Å². The summed E-state index contributed by atoms with van der Waals surface area (Å²) in [6, 6.07) is 6.08. The van der Waals surface area contributed by atoms with E-state index in [2.05, 4.69) is 37.6 Å². The molecule has 1 heterocycles. The summed E-state index contributed by atoms with van der Waals surface area (Å²) in [6.45, 7) is 10.4. The largest absolute Gasteiger partial charge is 0.508 e. The van der Waals surface area contributed by atoms with Gasteiger partial charge in [0.1, 0.15) is 5.75 Å². The zero-order valence-corrected chi connectivity index (χ0v) is 11.6. The molecule has 0 aliphatic carbocycles. The molecule has 3 heteroatoms. The van der Waals surface area contributed by atoms with Crippen LogP contribution in [0.5, 0.6) is 5.75 Å². The van der Waals surface area contributed by atoms with E-state index in [1.807, 2.05) is 12.1 Å². The van der Waals surface area contributed by atoms with Crippen molar-refractivity contribution in [3.8, 4) is 5.75 Å². The molecular weight excluding hydrogens is 224 g/mol. The normalized spacial score (nSPS) is 11.6. The molecular formula is C15H22N2O. The predicted octanol–water partition coefficient (Wildman–Crippen LogP) is 3.17. The van der Waals surface area contributed by atoms with Crippen molar-refractivity contribution in [2.75, 3.05) is 0 Å². The Labute approximate surface area is 108 Å². The highest BCUT2D eigenvalue weighted by Crippen LogP contribution is 2.28. The fraction of sp³-hybridized carbons (Fsp3) is 0.467. The van der Waals surface area contributed by atoms with Gasteiger partial charge < -0.3 is 15.0 Å². The fourth-order valence-electron chi connectivity index (χ4n) is 2.48. The summed E-state index contributed by atoms with van der Waals surface area (Å²) in [5.74, 6) is 0.335. The number of nitrogens with one attached hydrogen (secondary N) is 1. The maximum Gasteiger partial charge on any atom is 0.116 e. The average molecular weight is 246 g/mol. The number of aryl methyl sites for hydroxylation is 1. The molecule has 2 aromatic rings. The van der Waals surface area contributed by atoms with Gasteiger partial charge in [-0.05, 0) is 37.6 Å². The van der Waals surface area contributed by atoms with Crippen LogP contribution >= 0.6 is 0 Å². The van der Waals surface area contributed by atoms with Crippen LogP contribution in [0.2, 0.25) is 0 Å². The van der Waals surface area contributed by atoms with Gasteiger partial charge in [0.05, 0.1) is 0 Å². The maximum atomic E-state index is 9.68. The topological polar surface area (TPSA) is 37.2 Å². The molecule has 3 nitrogen and oxygen atoms in total. The van der Waals surface area contributed by atoms with Crippen LogP contribution in [-0.4, -0.2) is 15.7 Å². The first-order valence-corrected chi connectivity index (χ1v) is 6.58. The zero-order valence-electron chi connectivity index (χ0n) is 11.6. The zero-order chi connectivity index (χ0) is 13.3. The van der Waals surface area contributed by atoms with E-state index in [1.165, 1.54) is 16.8 Å². The van der Waals surface area contributed by atoms with Crippen molar-refractivity contribution in [1.29, 1.82) is 0 Å². The number of aromatic nitrogens is 1. The summed E-state index contributed by atoms with van der Waals surface area (Å²) in [5.41, 5.74) is 3.77. The van der Waals surface area contributed by atoms with E-state index in [0.29, 0.717) is 11.8 Å². The minimum absolute atomic E-state index is 0.335. The molecule has 2 rings (SSSR count). The van der Waals surface area contributed by atoms with Gasteiger partial charge in [0.2, 0.25) is 0 Å². The molecule has 0 spiro atoms. The van der Waals surface area contributed by atoms with Crippen LogP contribution in [0.25, 0.3) is 10.9 Å². The van der Waals surface area contributed by atoms with Crippen molar-refractivity contribution in [1.82, 2.24) is 9.88 Å². The van der Waals surface area contributed by atoms with Crippen LogP contribution in [0.4, 0.5) is 0 Å². The Morgan fingerprint density at radius 2 is 2.06 bits per heavy atom. The minimum Gasteiger partial charge on any atom is -0.508 e. The van der Waals surface area contributed by atoms with Gasteiger partial charge >= 0.3 is 0 Å². The smallest absolute Gasteiger partial charge is 0.116 e. The molecule has 0 amide bonds. The van der Waals surface area contributed by atoms with E-state index < -0.39 is 0 Å². The van der Waals surface area contributed by atoms with Crippen molar-refractivity contribution < 1.29 is 5.11 Å². The number of fused-ring (bicyclic) bond motifs is 1. The van der Waals surface area contributed by atoms with E-state index in [4.69, 9.17) is 0 Å². The van der Waals surface area contributed by atoms with Crippen molar-refractivity contribution in [2.24, 2.45) is 0 Å². The Bertz CT molecular complexity index is 555. The second-order valence-corrected chi connectivity index (χ2v) is 5.05. The molecule has 0 aliphatic rings. The molecule has 1 aromatic carbocycles. The number of benzene rings is 1. The van der Waals surface area contributed by atoms with Gasteiger partial charge in [-0.3, -0.25) is 0 Å². The number of hydrogen-bond donors (Lipinski definition) is 2. The summed E-state index contributed by atoms with van der Waals surface area (Å²) in [7, 11) is 0. The van der Waals surface area contributed by atoms with Crippen LogP contribution in [0.3, 0.4) is 0 Å². The monoisotopic (exact) mass is 246 g/mol. The molecule has 2 N–H and O–H groups in total. The van der Waals surface area contributed by atoms with Crippen LogP contribution in [0.15, 0.2) is 18.2 Å². The maximum absolute atomic E-state index is 9.68. The van der Waals surface area contributed by atoms with Crippen molar-refractivity contribution in [3.63, 3.8) is 0 Å². The highest BCUT2D eigenvalue weighted by Gasteiger charge is 2.13. The summed E-state index contributed by atoms with van der Waals surface area (Å²) >= 11 is 0. The molecule has 0 atom stereocenters. The molecule has 0 aliphatic heterocycles. The van der Waals surface area contributed by atoms with Gasteiger partial charge in [0, 0.05) is 35.7 Å². The first-order valence-electron chi connectivity index (χ1n) is 6.58. The van der Waals surface area contributed by atoms with E-state index in [-0.39, 0.29) is 0 Å². The Hall–Kier alpha value is -1.48.